The first-order valence-corrected chi connectivity index (χ1v) is 7.71. The van der Waals surface area contributed by atoms with Crippen molar-refractivity contribution in [2.24, 2.45) is 5.41 Å². The molecule has 0 aliphatic carbocycles. The summed E-state index contributed by atoms with van der Waals surface area (Å²) < 4.78 is 11.5. The second kappa shape index (κ2) is 6.88. The van der Waals surface area contributed by atoms with Gasteiger partial charge < -0.3 is 14.8 Å². The number of rotatable bonds is 7. The van der Waals surface area contributed by atoms with Crippen LogP contribution in [0.1, 0.15) is 52.4 Å². The predicted octanol–water partition coefficient (Wildman–Crippen LogP) is 2.74. The van der Waals surface area contributed by atoms with Crippen molar-refractivity contribution >= 4 is 0 Å². The Morgan fingerprint density at radius 3 is 2.78 bits per heavy atom. The quantitative estimate of drug-likeness (QED) is 0.759. The van der Waals surface area contributed by atoms with Gasteiger partial charge >= 0.3 is 0 Å². The molecule has 0 saturated carbocycles. The summed E-state index contributed by atoms with van der Waals surface area (Å²) in [6.45, 7) is 8.51. The van der Waals surface area contributed by atoms with Crippen molar-refractivity contribution in [1.29, 1.82) is 0 Å². The Hall–Kier alpha value is -0.120. The molecule has 0 aromatic rings. The highest BCUT2D eigenvalue weighted by atomic mass is 16.5. The topological polar surface area (TPSA) is 30.5 Å². The summed E-state index contributed by atoms with van der Waals surface area (Å²) in [4.78, 5) is 0. The van der Waals surface area contributed by atoms with Gasteiger partial charge in [0.2, 0.25) is 0 Å². The largest absolute Gasteiger partial charge is 0.378 e. The van der Waals surface area contributed by atoms with Gasteiger partial charge in [-0.2, -0.15) is 0 Å². The number of hydrogen-bond donors (Lipinski definition) is 1. The van der Waals surface area contributed by atoms with E-state index in [1.165, 1.54) is 38.5 Å². The van der Waals surface area contributed by atoms with Gasteiger partial charge in [0.15, 0.2) is 0 Å². The normalized spacial score (nSPS) is 36.3. The summed E-state index contributed by atoms with van der Waals surface area (Å²) in [6.07, 6.45) is 8.48. The fourth-order valence-electron chi connectivity index (χ4n) is 3.40. The van der Waals surface area contributed by atoms with E-state index in [-0.39, 0.29) is 0 Å². The third kappa shape index (κ3) is 3.46. The first kappa shape index (κ1) is 14.3. The highest BCUT2D eigenvalue weighted by Crippen LogP contribution is 2.39. The maximum atomic E-state index is 5.82. The molecule has 106 valence electrons. The fraction of sp³-hybridized carbons (Fsp3) is 1.00. The molecule has 3 unspecified atom stereocenters. The lowest BCUT2D eigenvalue weighted by Crippen LogP contribution is -2.39. The van der Waals surface area contributed by atoms with Crippen molar-refractivity contribution in [2.45, 2.75) is 64.6 Å². The van der Waals surface area contributed by atoms with Crippen LogP contribution in [0.3, 0.4) is 0 Å². The van der Waals surface area contributed by atoms with E-state index >= 15 is 0 Å². The number of ether oxygens (including phenoxy) is 2. The van der Waals surface area contributed by atoms with Gasteiger partial charge in [0.1, 0.15) is 0 Å². The van der Waals surface area contributed by atoms with Crippen molar-refractivity contribution in [3.05, 3.63) is 0 Å². The molecule has 2 rings (SSSR count). The summed E-state index contributed by atoms with van der Waals surface area (Å²) in [7, 11) is 0. The minimum absolute atomic E-state index is 0.370. The highest BCUT2D eigenvalue weighted by Gasteiger charge is 2.40. The average Bonchev–Trinajstić information content (AvgIpc) is 2.99. The Morgan fingerprint density at radius 1 is 1.28 bits per heavy atom. The van der Waals surface area contributed by atoms with Crippen molar-refractivity contribution in [2.75, 3.05) is 26.3 Å². The zero-order chi connectivity index (χ0) is 12.8. The molecular formula is C15H29NO2. The second-order valence-corrected chi connectivity index (χ2v) is 5.93. The molecule has 2 fully saturated rings. The maximum Gasteiger partial charge on any atom is 0.0616 e. The molecule has 2 saturated heterocycles. The van der Waals surface area contributed by atoms with E-state index in [0.29, 0.717) is 17.6 Å². The first-order valence-electron chi connectivity index (χ1n) is 7.71. The highest BCUT2D eigenvalue weighted by molar-refractivity contribution is 4.91. The van der Waals surface area contributed by atoms with Gasteiger partial charge in [-0.3, -0.25) is 0 Å². The van der Waals surface area contributed by atoms with Crippen LogP contribution in [0.4, 0.5) is 0 Å². The van der Waals surface area contributed by atoms with Crippen LogP contribution in [0, 0.1) is 5.41 Å². The number of nitrogens with one attached hydrogen (secondary N) is 1. The molecule has 2 heterocycles. The van der Waals surface area contributed by atoms with Crippen LogP contribution in [-0.2, 0) is 9.47 Å². The lowest BCUT2D eigenvalue weighted by molar-refractivity contribution is 0.0518. The molecule has 0 aromatic carbocycles. The van der Waals surface area contributed by atoms with E-state index in [1.54, 1.807) is 0 Å². The summed E-state index contributed by atoms with van der Waals surface area (Å²) >= 11 is 0. The van der Waals surface area contributed by atoms with Crippen LogP contribution in [-0.4, -0.2) is 38.5 Å². The first-order chi connectivity index (χ1) is 8.77. The Kier molecular flexibility index (Phi) is 5.46. The fourth-order valence-corrected chi connectivity index (χ4v) is 3.40. The Balaban J connectivity index is 1.77. The van der Waals surface area contributed by atoms with E-state index in [9.17, 15) is 0 Å². The van der Waals surface area contributed by atoms with Crippen molar-refractivity contribution < 1.29 is 9.47 Å². The molecule has 0 spiro atoms. The van der Waals surface area contributed by atoms with E-state index in [0.717, 1.165) is 26.3 Å². The van der Waals surface area contributed by atoms with Crippen LogP contribution < -0.4 is 5.32 Å². The Labute approximate surface area is 112 Å². The van der Waals surface area contributed by atoms with Crippen LogP contribution in [0.15, 0.2) is 0 Å². The van der Waals surface area contributed by atoms with Gasteiger partial charge in [-0.1, -0.05) is 13.3 Å². The summed E-state index contributed by atoms with van der Waals surface area (Å²) in [5.74, 6) is 0. The van der Waals surface area contributed by atoms with Gasteiger partial charge in [-0.25, -0.2) is 0 Å². The monoisotopic (exact) mass is 255 g/mol. The molecule has 0 amide bonds. The molecule has 2 aliphatic rings. The van der Waals surface area contributed by atoms with Crippen molar-refractivity contribution in [3.63, 3.8) is 0 Å². The standard InChI is InChI=1S/C15H29NO2/c1-3-16-12-15(9-11-17-13(15)2)8-4-6-14-7-5-10-18-14/h13-14,16H,3-12H2,1-2H3. The van der Waals surface area contributed by atoms with Gasteiger partial charge in [0.25, 0.3) is 0 Å². The Morgan fingerprint density at radius 2 is 2.17 bits per heavy atom. The third-order valence-corrected chi connectivity index (χ3v) is 4.78. The molecule has 3 atom stereocenters. The molecular weight excluding hydrogens is 226 g/mol. The summed E-state index contributed by atoms with van der Waals surface area (Å²) in [5, 5.41) is 3.53. The summed E-state index contributed by atoms with van der Waals surface area (Å²) in [6, 6.07) is 0. The smallest absolute Gasteiger partial charge is 0.0616 e. The molecule has 0 aromatic heterocycles. The van der Waals surface area contributed by atoms with Gasteiger partial charge in [0, 0.05) is 25.2 Å². The SMILES string of the molecule is CCNCC1(CCCC2CCCO2)CCOC1C. The molecule has 0 radical (unpaired) electrons. The minimum atomic E-state index is 0.370. The minimum Gasteiger partial charge on any atom is -0.378 e. The van der Waals surface area contributed by atoms with Gasteiger partial charge in [-0.05, 0) is 45.6 Å². The molecule has 3 heteroatoms. The van der Waals surface area contributed by atoms with Gasteiger partial charge in [0.05, 0.1) is 12.2 Å². The predicted molar refractivity (Wildman–Crippen MR) is 73.8 cm³/mol. The van der Waals surface area contributed by atoms with Crippen LogP contribution >= 0.6 is 0 Å². The van der Waals surface area contributed by atoms with E-state index < -0.39 is 0 Å². The average molecular weight is 255 g/mol. The van der Waals surface area contributed by atoms with E-state index in [1.807, 2.05) is 0 Å². The van der Waals surface area contributed by atoms with Crippen molar-refractivity contribution in [1.82, 2.24) is 5.32 Å². The Bertz CT molecular complexity index is 241. The lowest BCUT2D eigenvalue weighted by Gasteiger charge is -2.33. The molecule has 0 bridgehead atoms. The zero-order valence-corrected chi connectivity index (χ0v) is 12.0. The third-order valence-electron chi connectivity index (χ3n) is 4.78. The van der Waals surface area contributed by atoms with E-state index in [4.69, 9.17) is 9.47 Å². The van der Waals surface area contributed by atoms with Crippen molar-refractivity contribution in [3.8, 4) is 0 Å². The molecule has 1 N–H and O–H groups in total. The lowest BCUT2D eigenvalue weighted by atomic mass is 9.76. The zero-order valence-electron chi connectivity index (χ0n) is 12.0. The summed E-state index contributed by atoms with van der Waals surface area (Å²) in [5.41, 5.74) is 0.370. The molecule has 3 nitrogen and oxygen atoms in total. The number of hydrogen-bond acceptors (Lipinski definition) is 3. The molecule has 2 aliphatic heterocycles. The van der Waals surface area contributed by atoms with Crippen LogP contribution in [0.25, 0.3) is 0 Å². The molecule has 18 heavy (non-hydrogen) atoms. The van der Waals surface area contributed by atoms with E-state index in [2.05, 4.69) is 19.2 Å². The maximum absolute atomic E-state index is 5.82. The second-order valence-electron chi connectivity index (χ2n) is 5.93. The van der Waals surface area contributed by atoms with Crippen LogP contribution in [0.2, 0.25) is 0 Å². The van der Waals surface area contributed by atoms with Crippen LogP contribution in [0.5, 0.6) is 0 Å². The van der Waals surface area contributed by atoms with Gasteiger partial charge in [-0.15, -0.1) is 0 Å².